The predicted molar refractivity (Wildman–Crippen MR) is 191 cm³/mol. The number of ether oxygens (including phenoxy) is 1. The lowest BCUT2D eigenvalue weighted by Crippen LogP contribution is -2.36. The van der Waals surface area contributed by atoms with Crippen molar-refractivity contribution < 1.29 is 31.1 Å². The molecule has 0 radical (unpaired) electrons. The molecule has 5 heterocycles. The van der Waals surface area contributed by atoms with E-state index in [1.807, 2.05) is 10.5 Å². The average Bonchev–Trinajstić information content (AvgIpc) is 3.71. The average molecular weight is 711 g/mol. The topological polar surface area (TPSA) is 122 Å². The molecule has 0 aliphatic carbocycles. The smallest absolute Gasteiger partial charge is 0.255 e. The highest BCUT2D eigenvalue weighted by Gasteiger charge is 2.27. The van der Waals surface area contributed by atoms with Gasteiger partial charge in [0.25, 0.3) is 5.91 Å². The molecule has 0 atom stereocenters. The van der Waals surface area contributed by atoms with Crippen LogP contribution >= 0.6 is 0 Å². The van der Waals surface area contributed by atoms with Crippen LogP contribution in [0.2, 0.25) is 0 Å². The fourth-order valence-electron chi connectivity index (χ4n) is 6.75. The lowest BCUT2D eigenvalue weighted by molar-refractivity contribution is 0.0330. The number of carbonyl (C=O) groups is 1. The molecule has 0 spiro atoms. The molecule has 1 aliphatic rings. The van der Waals surface area contributed by atoms with Crippen molar-refractivity contribution in [1.82, 2.24) is 24.6 Å². The molecule has 1 amide bonds. The van der Waals surface area contributed by atoms with E-state index in [2.05, 4.69) is 10.2 Å². The van der Waals surface area contributed by atoms with Crippen LogP contribution in [0.5, 0.6) is 0 Å². The molecular formula is C37H32F2N6O5S. The number of sulfonamides is 1. The van der Waals surface area contributed by atoms with Gasteiger partial charge in [0.05, 0.1) is 65.7 Å². The third-order valence-corrected chi connectivity index (χ3v) is 10.6. The number of nitrogens with zero attached hydrogens (tertiary/aromatic N) is 5. The van der Waals surface area contributed by atoms with Crippen LogP contribution in [-0.2, 0) is 21.3 Å². The second-order valence-electron chi connectivity index (χ2n) is 12.5. The van der Waals surface area contributed by atoms with Crippen molar-refractivity contribution in [3.8, 4) is 22.6 Å². The van der Waals surface area contributed by atoms with Crippen molar-refractivity contribution >= 4 is 59.9 Å². The minimum atomic E-state index is -3.78. The molecule has 14 heteroatoms. The zero-order valence-corrected chi connectivity index (χ0v) is 28.7. The Morgan fingerprint density at radius 3 is 2.47 bits per heavy atom. The monoisotopic (exact) mass is 710 g/mol. The number of carbonyl (C=O) groups excluding carboxylic acids is 1. The molecule has 1 N–H and O–H groups in total. The highest BCUT2D eigenvalue weighted by atomic mass is 32.2. The number of hydrogen-bond acceptors (Lipinski definition) is 8. The first kappa shape index (κ1) is 32.7. The number of benzene rings is 3. The molecule has 3 aromatic carbocycles. The molecule has 7 aromatic rings. The lowest BCUT2D eigenvalue weighted by Gasteiger charge is -2.26. The zero-order valence-electron chi connectivity index (χ0n) is 27.9. The van der Waals surface area contributed by atoms with Gasteiger partial charge < -0.3 is 14.5 Å². The minimum Gasteiger partial charge on any atom is -0.455 e. The fourth-order valence-corrected chi connectivity index (χ4v) is 7.25. The molecule has 1 aliphatic heterocycles. The number of hydrogen-bond donors (Lipinski definition) is 1. The van der Waals surface area contributed by atoms with Crippen LogP contribution in [-0.4, -0.2) is 80.2 Å². The summed E-state index contributed by atoms with van der Waals surface area (Å²) in [5.41, 5.74) is 3.88. The van der Waals surface area contributed by atoms with E-state index < -0.39 is 21.7 Å². The molecule has 1 saturated heterocycles. The normalized spacial score (nSPS) is 14.2. The number of nitrogens with one attached hydrogen (secondary N) is 1. The van der Waals surface area contributed by atoms with E-state index in [4.69, 9.17) is 19.1 Å². The van der Waals surface area contributed by atoms with Crippen molar-refractivity contribution in [2.75, 3.05) is 51.0 Å². The van der Waals surface area contributed by atoms with E-state index in [0.29, 0.717) is 69.3 Å². The van der Waals surface area contributed by atoms with Crippen molar-refractivity contribution in [3.63, 3.8) is 0 Å². The van der Waals surface area contributed by atoms with Crippen molar-refractivity contribution in [3.05, 3.63) is 95.9 Å². The van der Waals surface area contributed by atoms with Gasteiger partial charge in [-0.1, -0.05) is 6.07 Å². The van der Waals surface area contributed by atoms with E-state index in [-0.39, 0.29) is 28.4 Å². The Hall–Kier alpha value is -5.44. The number of morpholine rings is 1. The number of anilines is 1. The number of fused-ring (bicyclic) bond motifs is 6. The van der Waals surface area contributed by atoms with Crippen LogP contribution in [0.4, 0.5) is 14.5 Å². The summed E-state index contributed by atoms with van der Waals surface area (Å²) in [7, 11) is -0.873. The molecule has 51 heavy (non-hydrogen) atoms. The number of pyridine rings is 1. The number of rotatable bonds is 7. The van der Waals surface area contributed by atoms with Crippen molar-refractivity contribution in [2.45, 2.75) is 6.54 Å². The van der Waals surface area contributed by atoms with Crippen molar-refractivity contribution in [1.29, 1.82) is 0 Å². The van der Waals surface area contributed by atoms with Gasteiger partial charge in [0.1, 0.15) is 28.8 Å². The van der Waals surface area contributed by atoms with Crippen LogP contribution < -0.4 is 9.62 Å². The molecule has 0 unspecified atom stereocenters. The van der Waals surface area contributed by atoms with Crippen LogP contribution in [0.15, 0.2) is 77.3 Å². The van der Waals surface area contributed by atoms with Crippen molar-refractivity contribution in [2.24, 2.45) is 0 Å². The van der Waals surface area contributed by atoms with E-state index >= 15 is 4.39 Å². The number of halogens is 2. The third kappa shape index (κ3) is 5.65. The lowest BCUT2D eigenvalue weighted by atomic mass is 10.00. The zero-order chi connectivity index (χ0) is 35.6. The molecule has 0 saturated carbocycles. The van der Waals surface area contributed by atoms with E-state index in [0.717, 1.165) is 29.5 Å². The van der Waals surface area contributed by atoms with Gasteiger partial charge in [0.15, 0.2) is 0 Å². The molecule has 11 nitrogen and oxygen atoms in total. The first-order valence-electron chi connectivity index (χ1n) is 16.2. The third-order valence-electron chi connectivity index (χ3n) is 9.41. The fraction of sp³-hybridized carbons (Fsp3) is 0.216. The predicted octanol–water partition coefficient (Wildman–Crippen LogP) is 5.98. The Morgan fingerprint density at radius 1 is 0.980 bits per heavy atom. The highest BCUT2D eigenvalue weighted by Crippen LogP contribution is 2.42. The molecule has 1 fully saturated rings. The summed E-state index contributed by atoms with van der Waals surface area (Å²) in [5, 5.41) is 4.16. The van der Waals surface area contributed by atoms with Gasteiger partial charge in [-0.2, -0.15) is 0 Å². The summed E-state index contributed by atoms with van der Waals surface area (Å²) in [5.74, 6) is -0.349. The largest absolute Gasteiger partial charge is 0.455 e. The summed E-state index contributed by atoms with van der Waals surface area (Å²) in [6.07, 6.45) is 2.70. The Balaban J connectivity index is 1.39. The van der Waals surface area contributed by atoms with Crippen LogP contribution in [0, 0.1) is 11.6 Å². The first-order valence-corrected chi connectivity index (χ1v) is 18.1. The standard InChI is InChI=1S/C37H32F2N6O5S/c1-40-37(46)35-26-15-24(31(43(2)51(3,47)48)18-33(26)50-36(35)21-7-9-22(38)10-8-21)28-16-25-29(19-41-28)42-34(20-44-11-13-49-14-12-44)45-30-6-4-5-27(39)23(30)17-32(25)45/h4-10,15-19H,11-14,20H2,1-3H3,(H,40,46). The number of aromatic nitrogens is 3. The van der Waals surface area contributed by atoms with Gasteiger partial charge in [-0.05, 0) is 54.6 Å². The van der Waals surface area contributed by atoms with E-state index in [9.17, 15) is 17.6 Å². The number of amides is 1. The quantitative estimate of drug-likeness (QED) is 0.215. The summed E-state index contributed by atoms with van der Waals surface area (Å²) in [6, 6.07) is 17.3. The van der Waals surface area contributed by atoms with Gasteiger partial charge in [-0.3, -0.25) is 23.4 Å². The van der Waals surface area contributed by atoms with Gasteiger partial charge in [-0.15, -0.1) is 0 Å². The Labute approximate surface area is 291 Å². The van der Waals surface area contributed by atoms with Gasteiger partial charge in [0, 0.05) is 60.5 Å². The Bertz CT molecular complexity index is 2630. The number of furan rings is 1. The van der Waals surface area contributed by atoms with Gasteiger partial charge in [-0.25, -0.2) is 22.2 Å². The SMILES string of the molecule is CNC(=O)c1c(-c2ccc(F)cc2)oc2cc(N(C)S(C)(=O)=O)c(-c3cc4c(cn3)nc(CN3CCOCC3)n3c5cccc(F)c5cc43)cc12. The first-order chi connectivity index (χ1) is 24.5. The van der Waals surface area contributed by atoms with E-state index in [1.165, 1.54) is 44.4 Å². The summed E-state index contributed by atoms with van der Waals surface area (Å²) >= 11 is 0. The van der Waals surface area contributed by atoms with Crippen LogP contribution in [0.3, 0.4) is 0 Å². The molecular weight excluding hydrogens is 679 g/mol. The molecule has 4 aromatic heterocycles. The molecule has 8 rings (SSSR count). The highest BCUT2D eigenvalue weighted by molar-refractivity contribution is 7.92. The maximum Gasteiger partial charge on any atom is 0.255 e. The van der Waals surface area contributed by atoms with Crippen LogP contribution in [0.1, 0.15) is 16.2 Å². The Kier molecular flexibility index (Phi) is 7.96. The minimum absolute atomic E-state index is 0.194. The molecule has 0 bridgehead atoms. The van der Waals surface area contributed by atoms with Gasteiger partial charge >= 0.3 is 0 Å². The summed E-state index contributed by atoms with van der Waals surface area (Å²) in [4.78, 5) is 25.4. The van der Waals surface area contributed by atoms with Gasteiger partial charge in [0.2, 0.25) is 10.0 Å². The Morgan fingerprint density at radius 2 is 1.75 bits per heavy atom. The maximum atomic E-state index is 15.2. The second-order valence-corrected chi connectivity index (χ2v) is 14.5. The van der Waals surface area contributed by atoms with Crippen LogP contribution in [0.25, 0.3) is 60.9 Å². The summed E-state index contributed by atoms with van der Waals surface area (Å²) in [6.45, 7) is 3.21. The summed E-state index contributed by atoms with van der Waals surface area (Å²) < 4.78 is 69.8. The maximum absolute atomic E-state index is 15.2. The van der Waals surface area contributed by atoms with E-state index in [1.54, 1.807) is 36.5 Å². The molecule has 260 valence electrons. The second kappa shape index (κ2) is 12.4.